The van der Waals surface area contributed by atoms with Crippen molar-refractivity contribution in [3.05, 3.63) is 24.4 Å². The molecule has 0 unspecified atom stereocenters. The van der Waals surface area contributed by atoms with Crippen molar-refractivity contribution in [1.29, 1.82) is 0 Å². The third-order valence-electron chi connectivity index (χ3n) is 5.23. The third kappa shape index (κ3) is 4.24. The monoisotopic (exact) mass is 331 g/mol. The molecule has 2 aliphatic heterocycles. The molecular formula is C18H29N5O. The van der Waals surface area contributed by atoms with Crippen molar-refractivity contribution in [3.63, 3.8) is 0 Å². The van der Waals surface area contributed by atoms with E-state index < -0.39 is 0 Å². The topological polar surface area (TPSA) is 51.7 Å². The number of aromatic nitrogens is 1. The second-order valence-electron chi connectivity index (χ2n) is 6.98. The zero-order valence-corrected chi connectivity index (χ0v) is 14.8. The molecule has 1 aromatic heterocycles. The lowest BCUT2D eigenvalue weighted by Gasteiger charge is -2.42. The van der Waals surface area contributed by atoms with Crippen LogP contribution >= 0.6 is 0 Å². The maximum Gasteiger partial charge on any atom is 0.244 e. The molecule has 0 radical (unpaired) electrons. The maximum atomic E-state index is 12.6. The van der Waals surface area contributed by atoms with Gasteiger partial charge in [-0.25, -0.2) is 4.98 Å². The maximum absolute atomic E-state index is 12.6. The highest BCUT2D eigenvalue weighted by Crippen LogP contribution is 2.18. The molecule has 3 rings (SSSR count). The Kier molecular flexibility index (Phi) is 5.68. The summed E-state index contributed by atoms with van der Waals surface area (Å²) >= 11 is 0. The van der Waals surface area contributed by atoms with Crippen LogP contribution < -0.4 is 5.32 Å². The summed E-state index contributed by atoms with van der Waals surface area (Å²) in [6.45, 7) is 7.95. The summed E-state index contributed by atoms with van der Waals surface area (Å²) in [4.78, 5) is 23.8. The highest BCUT2D eigenvalue weighted by Gasteiger charge is 2.29. The fraction of sp³-hybridized carbons (Fsp3) is 0.667. The number of carbonyl (C=O) groups is 1. The molecule has 2 saturated heterocycles. The summed E-state index contributed by atoms with van der Waals surface area (Å²) in [6.07, 6.45) is 4.24. The normalized spacial score (nSPS) is 22.3. The number of carbonyl (C=O) groups excluding carboxylic acids is 1. The van der Waals surface area contributed by atoms with Gasteiger partial charge < -0.3 is 15.1 Å². The summed E-state index contributed by atoms with van der Waals surface area (Å²) in [5, 5.41) is 3.20. The highest BCUT2D eigenvalue weighted by molar-refractivity contribution is 5.84. The van der Waals surface area contributed by atoms with Gasteiger partial charge in [0.15, 0.2) is 0 Å². The van der Waals surface area contributed by atoms with Gasteiger partial charge in [-0.2, -0.15) is 0 Å². The Morgan fingerprint density at radius 1 is 1.17 bits per heavy atom. The van der Waals surface area contributed by atoms with Crippen LogP contribution in [0, 0.1) is 0 Å². The summed E-state index contributed by atoms with van der Waals surface area (Å²) < 4.78 is 0. The van der Waals surface area contributed by atoms with E-state index in [0.717, 1.165) is 32.0 Å². The molecule has 0 spiro atoms. The zero-order chi connectivity index (χ0) is 16.9. The van der Waals surface area contributed by atoms with Crippen molar-refractivity contribution in [2.24, 2.45) is 0 Å². The molecule has 6 nitrogen and oxygen atoms in total. The van der Waals surface area contributed by atoms with Gasteiger partial charge in [0.2, 0.25) is 5.91 Å². The van der Waals surface area contributed by atoms with E-state index in [4.69, 9.17) is 0 Å². The minimum Gasteiger partial charge on any atom is -0.359 e. The highest BCUT2D eigenvalue weighted by atomic mass is 16.2. The van der Waals surface area contributed by atoms with Crippen molar-refractivity contribution in [3.8, 4) is 0 Å². The average Bonchev–Trinajstić information content (AvgIpc) is 2.63. The van der Waals surface area contributed by atoms with E-state index in [1.807, 2.05) is 30.0 Å². The van der Waals surface area contributed by atoms with Crippen molar-refractivity contribution in [1.82, 2.24) is 19.7 Å². The molecule has 6 heteroatoms. The first-order valence-corrected chi connectivity index (χ1v) is 9.02. The predicted octanol–water partition coefficient (Wildman–Crippen LogP) is 1.12. The van der Waals surface area contributed by atoms with Crippen molar-refractivity contribution < 1.29 is 4.79 Å². The molecule has 1 N–H and O–H groups in total. The molecule has 1 amide bonds. The number of likely N-dealkylation sites (tertiary alicyclic amines) is 1. The lowest BCUT2D eigenvalue weighted by molar-refractivity contribution is -0.133. The summed E-state index contributed by atoms with van der Waals surface area (Å²) in [6, 6.07) is 6.14. The van der Waals surface area contributed by atoms with E-state index in [1.54, 1.807) is 6.20 Å². The molecule has 0 saturated carbocycles. The Labute approximate surface area is 144 Å². The SMILES string of the molecule is C[C@@H](Nc1ccccn1)C(=O)N1CCN(C2CCN(C)CC2)CC1. The second kappa shape index (κ2) is 7.94. The van der Waals surface area contributed by atoms with Crippen LogP contribution in [0.2, 0.25) is 0 Å². The van der Waals surface area contributed by atoms with Crippen LogP contribution in [0.4, 0.5) is 5.82 Å². The Balaban J connectivity index is 1.46. The third-order valence-corrected chi connectivity index (χ3v) is 5.23. The summed E-state index contributed by atoms with van der Waals surface area (Å²) in [5.41, 5.74) is 0. The number of hydrogen-bond donors (Lipinski definition) is 1. The number of hydrogen-bond acceptors (Lipinski definition) is 5. The van der Waals surface area contributed by atoms with Gasteiger partial charge in [-0.15, -0.1) is 0 Å². The van der Waals surface area contributed by atoms with Gasteiger partial charge in [0.25, 0.3) is 0 Å². The van der Waals surface area contributed by atoms with Crippen molar-refractivity contribution in [2.45, 2.75) is 31.8 Å². The quantitative estimate of drug-likeness (QED) is 0.896. The Hall–Kier alpha value is -1.66. The van der Waals surface area contributed by atoms with Crippen LogP contribution in [-0.4, -0.2) is 84.0 Å². The lowest BCUT2D eigenvalue weighted by Crippen LogP contribution is -2.55. The molecule has 1 atom stereocenters. The molecule has 24 heavy (non-hydrogen) atoms. The molecule has 2 fully saturated rings. The molecule has 1 aromatic rings. The Morgan fingerprint density at radius 2 is 1.88 bits per heavy atom. The van der Waals surface area contributed by atoms with E-state index in [1.165, 1.54) is 25.9 Å². The molecule has 3 heterocycles. The first-order valence-electron chi connectivity index (χ1n) is 9.02. The fourth-order valence-electron chi connectivity index (χ4n) is 3.67. The van der Waals surface area contributed by atoms with Crippen LogP contribution in [0.3, 0.4) is 0 Å². The number of rotatable bonds is 4. The molecule has 0 aromatic carbocycles. The standard InChI is InChI=1S/C18H29N5O/c1-15(20-17-5-3-4-8-19-17)18(24)23-13-11-22(12-14-23)16-6-9-21(2)10-7-16/h3-5,8,15-16H,6-7,9-14H2,1-2H3,(H,19,20)/t15-/m1/s1. The number of nitrogens with zero attached hydrogens (tertiary/aromatic N) is 4. The minimum absolute atomic E-state index is 0.170. The van der Waals surface area contributed by atoms with E-state index in [2.05, 4.69) is 27.1 Å². The number of pyridine rings is 1. The first kappa shape index (κ1) is 17.2. The number of piperazine rings is 1. The Bertz CT molecular complexity index is 521. The number of piperidine rings is 1. The van der Waals surface area contributed by atoms with Gasteiger partial charge in [0, 0.05) is 38.4 Å². The summed E-state index contributed by atoms with van der Waals surface area (Å²) in [7, 11) is 2.20. The molecular weight excluding hydrogens is 302 g/mol. The van der Waals surface area contributed by atoms with Gasteiger partial charge in [-0.1, -0.05) is 6.07 Å². The smallest absolute Gasteiger partial charge is 0.244 e. The average molecular weight is 331 g/mol. The van der Waals surface area contributed by atoms with Gasteiger partial charge >= 0.3 is 0 Å². The molecule has 132 valence electrons. The lowest BCUT2D eigenvalue weighted by atomic mass is 10.0. The molecule has 0 bridgehead atoms. The van der Waals surface area contributed by atoms with Crippen molar-refractivity contribution in [2.75, 3.05) is 51.6 Å². The summed E-state index contributed by atoms with van der Waals surface area (Å²) in [5.74, 6) is 0.923. The number of amides is 1. The van der Waals surface area contributed by atoms with Gasteiger partial charge in [0.05, 0.1) is 0 Å². The van der Waals surface area contributed by atoms with E-state index in [0.29, 0.717) is 6.04 Å². The second-order valence-corrected chi connectivity index (χ2v) is 6.98. The van der Waals surface area contributed by atoms with Crippen LogP contribution in [-0.2, 0) is 4.79 Å². The van der Waals surface area contributed by atoms with Gasteiger partial charge in [-0.05, 0) is 52.0 Å². The Morgan fingerprint density at radius 3 is 2.50 bits per heavy atom. The van der Waals surface area contributed by atoms with Gasteiger partial charge in [-0.3, -0.25) is 9.69 Å². The molecule has 2 aliphatic rings. The van der Waals surface area contributed by atoms with E-state index in [9.17, 15) is 4.79 Å². The largest absolute Gasteiger partial charge is 0.359 e. The zero-order valence-electron chi connectivity index (χ0n) is 14.8. The van der Waals surface area contributed by atoms with Crippen LogP contribution in [0.1, 0.15) is 19.8 Å². The fourth-order valence-corrected chi connectivity index (χ4v) is 3.67. The van der Waals surface area contributed by atoms with Crippen LogP contribution in [0.5, 0.6) is 0 Å². The number of anilines is 1. The first-order chi connectivity index (χ1) is 11.6. The van der Waals surface area contributed by atoms with E-state index in [-0.39, 0.29) is 11.9 Å². The van der Waals surface area contributed by atoms with Crippen molar-refractivity contribution >= 4 is 11.7 Å². The van der Waals surface area contributed by atoms with Gasteiger partial charge in [0.1, 0.15) is 11.9 Å². The minimum atomic E-state index is -0.241. The van der Waals surface area contributed by atoms with E-state index >= 15 is 0 Å². The molecule has 0 aliphatic carbocycles. The number of nitrogens with one attached hydrogen (secondary N) is 1. The van der Waals surface area contributed by atoms with Crippen LogP contribution in [0.15, 0.2) is 24.4 Å². The predicted molar refractivity (Wildman–Crippen MR) is 96.0 cm³/mol. The van der Waals surface area contributed by atoms with Crippen LogP contribution in [0.25, 0.3) is 0 Å².